The molecule has 1 fully saturated rings. The van der Waals surface area contributed by atoms with E-state index in [0.29, 0.717) is 39.3 Å². The van der Waals surface area contributed by atoms with Gasteiger partial charge < -0.3 is 14.2 Å². The zero-order chi connectivity index (χ0) is 22.1. The van der Waals surface area contributed by atoms with Crippen LogP contribution in [0.3, 0.4) is 0 Å². The zero-order valence-corrected chi connectivity index (χ0v) is 17.6. The van der Waals surface area contributed by atoms with Crippen molar-refractivity contribution >= 4 is 33.4 Å². The SMILES string of the molecule is O=C(Cc1ccc2c3ccccc3n(Cc3cccc([N+](=O)[O-])c3)c2c1)N1CCOCC1. The van der Waals surface area contributed by atoms with E-state index in [4.69, 9.17) is 4.74 Å². The van der Waals surface area contributed by atoms with Crippen molar-refractivity contribution in [3.63, 3.8) is 0 Å². The summed E-state index contributed by atoms with van der Waals surface area (Å²) in [7, 11) is 0. The number of nitro groups is 1. The summed E-state index contributed by atoms with van der Waals surface area (Å²) in [6, 6.07) is 21.1. The summed E-state index contributed by atoms with van der Waals surface area (Å²) in [5.74, 6) is 0.106. The lowest BCUT2D eigenvalue weighted by atomic mass is 10.1. The molecule has 2 heterocycles. The molecule has 7 nitrogen and oxygen atoms in total. The van der Waals surface area contributed by atoms with Crippen LogP contribution in [-0.4, -0.2) is 46.6 Å². The molecular weight excluding hydrogens is 406 g/mol. The zero-order valence-electron chi connectivity index (χ0n) is 17.6. The number of rotatable bonds is 5. The van der Waals surface area contributed by atoms with Crippen molar-refractivity contribution in [3.8, 4) is 0 Å². The van der Waals surface area contributed by atoms with Gasteiger partial charge in [0.05, 0.1) is 24.6 Å². The molecular formula is C25H23N3O4. The molecule has 0 N–H and O–H groups in total. The highest BCUT2D eigenvalue weighted by Gasteiger charge is 2.18. The van der Waals surface area contributed by atoms with Crippen LogP contribution in [0.25, 0.3) is 21.8 Å². The van der Waals surface area contributed by atoms with Crippen LogP contribution in [0, 0.1) is 10.1 Å². The number of para-hydroxylation sites is 1. The Hall–Kier alpha value is -3.71. The number of hydrogen-bond donors (Lipinski definition) is 0. The van der Waals surface area contributed by atoms with Gasteiger partial charge in [-0.25, -0.2) is 0 Å². The van der Waals surface area contributed by atoms with Gasteiger partial charge >= 0.3 is 0 Å². The summed E-state index contributed by atoms with van der Waals surface area (Å²) in [4.78, 5) is 25.4. The lowest BCUT2D eigenvalue weighted by Gasteiger charge is -2.26. The number of benzene rings is 3. The molecule has 0 aliphatic carbocycles. The Morgan fingerprint density at radius 3 is 2.50 bits per heavy atom. The molecule has 0 bridgehead atoms. The van der Waals surface area contributed by atoms with Gasteiger partial charge in [0.2, 0.25) is 5.91 Å². The maximum atomic E-state index is 12.8. The highest BCUT2D eigenvalue weighted by Crippen LogP contribution is 2.31. The van der Waals surface area contributed by atoms with Gasteiger partial charge in [-0.05, 0) is 23.3 Å². The third-order valence-electron chi connectivity index (χ3n) is 6.02. The topological polar surface area (TPSA) is 77.6 Å². The van der Waals surface area contributed by atoms with Crippen LogP contribution < -0.4 is 0 Å². The fourth-order valence-electron chi connectivity index (χ4n) is 4.43. The average molecular weight is 429 g/mol. The van der Waals surface area contributed by atoms with E-state index >= 15 is 0 Å². The van der Waals surface area contributed by atoms with Crippen molar-refractivity contribution < 1.29 is 14.5 Å². The van der Waals surface area contributed by atoms with Gasteiger partial charge in [0.1, 0.15) is 0 Å². The standard InChI is InChI=1S/C25H23N3O4/c29-25(26-10-12-32-13-11-26)16-18-8-9-22-21-6-1-2-7-23(21)27(24(22)15-18)17-19-4-3-5-20(14-19)28(30)31/h1-9,14-15H,10-13,16-17H2. The fraction of sp³-hybridized carbons (Fsp3) is 0.240. The second-order valence-electron chi connectivity index (χ2n) is 8.05. The summed E-state index contributed by atoms with van der Waals surface area (Å²) in [6.07, 6.45) is 0.342. The summed E-state index contributed by atoms with van der Waals surface area (Å²) < 4.78 is 7.52. The van der Waals surface area contributed by atoms with Gasteiger partial charge in [-0.3, -0.25) is 14.9 Å². The van der Waals surface area contributed by atoms with Crippen molar-refractivity contribution in [3.05, 3.63) is 88.0 Å². The number of non-ortho nitro benzene ring substituents is 1. The maximum Gasteiger partial charge on any atom is 0.269 e. The van der Waals surface area contributed by atoms with Crippen LogP contribution >= 0.6 is 0 Å². The van der Waals surface area contributed by atoms with Crippen molar-refractivity contribution in [1.29, 1.82) is 0 Å². The number of amides is 1. The molecule has 1 aliphatic rings. The molecule has 0 spiro atoms. The monoisotopic (exact) mass is 429 g/mol. The van der Waals surface area contributed by atoms with Crippen LogP contribution in [0.4, 0.5) is 5.69 Å². The lowest BCUT2D eigenvalue weighted by Crippen LogP contribution is -2.41. The number of nitro benzene ring substituents is 1. The van der Waals surface area contributed by atoms with Crippen LogP contribution in [0.5, 0.6) is 0 Å². The van der Waals surface area contributed by atoms with E-state index < -0.39 is 0 Å². The second kappa shape index (κ2) is 8.43. The molecule has 5 rings (SSSR count). The van der Waals surface area contributed by atoms with E-state index in [1.54, 1.807) is 12.1 Å². The van der Waals surface area contributed by atoms with Crippen molar-refractivity contribution in [1.82, 2.24) is 9.47 Å². The number of morpholine rings is 1. The highest BCUT2D eigenvalue weighted by molar-refractivity contribution is 6.08. The number of nitrogens with zero attached hydrogens (tertiary/aromatic N) is 3. The number of aromatic nitrogens is 1. The first-order chi connectivity index (χ1) is 15.6. The molecule has 162 valence electrons. The van der Waals surface area contributed by atoms with E-state index in [0.717, 1.165) is 32.9 Å². The third kappa shape index (κ3) is 3.83. The lowest BCUT2D eigenvalue weighted by molar-refractivity contribution is -0.384. The summed E-state index contributed by atoms with van der Waals surface area (Å²) in [6.45, 7) is 2.94. The predicted molar refractivity (Wildman–Crippen MR) is 123 cm³/mol. The number of hydrogen-bond acceptors (Lipinski definition) is 4. The summed E-state index contributed by atoms with van der Waals surface area (Å²) in [5.41, 5.74) is 3.98. The Kier molecular flexibility index (Phi) is 5.33. The number of carbonyl (C=O) groups is 1. The minimum atomic E-state index is -0.370. The minimum absolute atomic E-state index is 0.0834. The Morgan fingerprint density at radius 1 is 0.906 bits per heavy atom. The second-order valence-corrected chi connectivity index (χ2v) is 8.05. The number of carbonyl (C=O) groups excluding carboxylic acids is 1. The van der Waals surface area contributed by atoms with Crippen LogP contribution in [0.1, 0.15) is 11.1 Å². The predicted octanol–water partition coefficient (Wildman–Crippen LogP) is 4.15. The van der Waals surface area contributed by atoms with Gasteiger partial charge in [0.25, 0.3) is 5.69 Å². The molecule has 32 heavy (non-hydrogen) atoms. The molecule has 1 aromatic heterocycles. The summed E-state index contributed by atoms with van der Waals surface area (Å²) >= 11 is 0. The first-order valence-electron chi connectivity index (χ1n) is 10.7. The molecule has 1 saturated heterocycles. The molecule has 1 amide bonds. The van der Waals surface area contributed by atoms with Gasteiger partial charge in [0.15, 0.2) is 0 Å². The largest absolute Gasteiger partial charge is 0.378 e. The van der Waals surface area contributed by atoms with Crippen molar-refractivity contribution in [2.75, 3.05) is 26.3 Å². The van der Waals surface area contributed by atoms with Gasteiger partial charge in [0, 0.05) is 53.6 Å². The molecule has 4 aromatic rings. The van der Waals surface area contributed by atoms with Crippen LogP contribution in [-0.2, 0) is 22.5 Å². The van der Waals surface area contributed by atoms with E-state index in [2.05, 4.69) is 28.8 Å². The third-order valence-corrected chi connectivity index (χ3v) is 6.02. The van der Waals surface area contributed by atoms with Gasteiger partial charge in [-0.2, -0.15) is 0 Å². The molecule has 3 aromatic carbocycles. The van der Waals surface area contributed by atoms with Crippen molar-refractivity contribution in [2.45, 2.75) is 13.0 Å². The smallest absolute Gasteiger partial charge is 0.269 e. The van der Waals surface area contributed by atoms with E-state index in [1.807, 2.05) is 29.2 Å². The molecule has 0 unspecified atom stereocenters. The Morgan fingerprint density at radius 2 is 1.69 bits per heavy atom. The first kappa shape index (κ1) is 20.2. The quantitative estimate of drug-likeness (QED) is 0.353. The Labute approximate surface area is 185 Å². The fourth-order valence-corrected chi connectivity index (χ4v) is 4.43. The summed E-state index contributed by atoms with van der Waals surface area (Å²) in [5, 5.41) is 13.4. The first-order valence-corrected chi connectivity index (χ1v) is 10.7. The Bertz CT molecular complexity index is 1320. The molecule has 0 atom stereocenters. The average Bonchev–Trinajstić information content (AvgIpc) is 3.13. The molecule has 7 heteroatoms. The van der Waals surface area contributed by atoms with E-state index in [9.17, 15) is 14.9 Å². The van der Waals surface area contributed by atoms with E-state index in [1.165, 1.54) is 6.07 Å². The maximum absolute atomic E-state index is 12.8. The van der Waals surface area contributed by atoms with E-state index in [-0.39, 0.29) is 16.5 Å². The number of ether oxygens (including phenoxy) is 1. The molecule has 1 aliphatic heterocycles. The van der Waals surface area contributed by atoms with Crippen molar-refractivity contribution in [2.24, 2.45) is 0 Å². The normalized spacial score (nSPS) is 14.2. The van der Waals surface area contributed by atoms with Gasteiger partial charge in [-0.15, -0.1) is 0 Å². The number of fused-ring (bicyclic) bond motifs is 3. The van der Waals surface area contributed by atoms with Crippen LogP contribution in [0.2, 0.25) is 0 Å². The van der Waals surface area contributed by atoms with Crippen LogP contribution in [0.15, 0.2) is 66.7 Å². The molecule has 0 radical (unpaired) electrons. The molecule has 0 saturated carbocycles. The minimum Gasteiger partial charge on any atom is -0.378 e. The van der Waals surface area contributed by atoms with Gasteiger partial charge in [-0.1, -0.05) is 42.5 Å². The Balaban J connectivity index is 1.54. The highest BCUT2D eigenvalue weighted by atomic mass is 16.6.